The Morgan fingerprint density at radius 3 is 2.27 bits per heavy atom. The Labute approximate surface area is 238 Å². The summed E-state index contributed by atoms with van der Waals surface area (Å²) in [5, 5.41) is 2.85. The number of carbonyl (C=O) groups is 3. The summed E-state index contributed by atoms with van der Waals surface area (Å²) >= 11 is 0. The molecule has 2 aromatic carbocycles. The molecule has 0 aliphatic carbocycles. The van der Waals surface area contributed by atoms with Crippen molar-refractivity contribution in [2.75, 3.05) is 39.8 Å². The summed E-state index contributed by atoms with van der Waals surface area (Å²) in [5.74, 6) is -0.444. The van der Waals surface area contributed by atoms with Crippen molar-refractivity contribution < 1.29 is 19.1 Å². The van der Waals surface area contributed by atoms with E-state index < -0.39 is 0 Å². The summed E-state index contributed by atoms with van der Waals surface area (Å²) in [6.45, 7) is 11.7. The highest BCUT2D eigenvalue weighted by Crippen LogP contribution is 2.34. The third-order valence-corrected chi connectivity index (χ3v) is 8.01. The van der Waals surface area contributed by atoms with E-state index in [0.717, 1.165) is 50.0 Å². The highest BCUT2D eigenvalue weighted by molar-refractivity contribution is 5.89. The van der Waals surface area contributed by atoms with Crippen molar-refractivity contribution in [3.8, 4) is 0 Å². The number of nitrogens with one attached hydrogen (secondary N) is 1. The van der Waals surface area contributed by atoms with Crippen molar-refractivity contribution in [3.63, 3.8) is 0 Å². The molecule has 0 spiro atoms. The molecule has 1 saturated heterocycles. The number of amides is 2. The first-order chi connectivity index (χ1) is 19.3. The lowest BCUT2D eigenvalue weighted by molar-refractivity contribution is -0.134. The van der Waals surface area contributed by atoms with E-state index in [1.807, 2.05) is 41.3 Å². The molecule has 7 heteroatoms. The van der Waals surface area contributed by atoms with Gasteiger partial charge in [0.15, 0.2) is 0 Å². The lowest BCUT2D eigenvalue weighted by Crippen LogP contribution is -2.51. The highest BCUT2D eigenvalue weighted by atomic mass is 16.5. The SMILES string of the molecule is C=CCC(CC)(CC)CC(=O)NCC(=O)N1CCN(Cc2ccccc2/C=C/c2ccc(C(=O)OC)cc2)CC1. The Balaban J connectivity index is 1.49. The van der Waals surface area contributed by atoms with Crippen LogP contribution in [0, 0.1) is 5.41 Å². The Bertz CT molecular complexity index is 1180. The number of piperazine rings is 1. The van der Waals surface area contributed by atoms with Crippen molar-refractivity contribution in [1.82, 2.24) is 15.1 Å². The quantitative estimate of drug-likeness (QED) is 0.213. The normalized spacial score (nSPS) is 14.2. The number of carbonyl (C=O) groups excluding carboxylic acids is 3. The number of hydrogen-bond acceptors (Lipinski definition) is 5. The topological polar surface area (TPSA) is 79.0 Å². The van der Waals surface area contributed by atoms with Crippen LogP contribution in [0.1, 0.15) is 66.6 Å². The minimum atomic E-state index is -0.346. The second-order valence-electron chi connectivity index (χ2n) is 10.5. The highest BCUT2D eigenvalue weighted by Gasteiger charge is 2.28. The molecular formula is C33H43N3O4. The zero-order valence-electron chi connectivity index (χ0n) is 24.2. The minimum absolute atomic E-state index is 0.0307. The number of benzene rings is 2. The fraction of sp³-hybridized carbons (Fsp3) is 0.424. The van der Waals surface area contributed by atoms with Crippen LogP contribution in [0.15, 0.2) is 61.2 Å². The number of methoxy groups -OCH3 is 1. The van der Waals surface area contributed by atoms with Crippen LogP contribution in [0.5, 0.6) is 0 Å². The van der Waals surface area contributed by atoms with Crippen molar-refractivity contribution in [1.29, 1.82) is 0 Å². The van der Waals surface area contributed by atoms with Crippen LogP contribution in [0.3, 0.4) is 0 Å². The Morgan fingerprint density at radius 2 is 1.65 bits per heavy atom. The van der Waals surface area contributed by atoms with Crippen LogP contribution in [0.2, 0.25) is 0 Å². The van der Waals surface area contributed by atoms with Crippen molar-refractivity contribution in [3.05, 3.63) is 83.4 Å². The maximum absolute atomic E-state index is 12.8. The van der Waals surface area contributed by atoms with E-state index >= 15 is 0 Å². The number of rotatable bonds is 13. The van der Waals surface area contributed by atoms with Gasteiger partial charge in [-0.3, -0.25) is 14.5 Å². The second kappa shape index (κ2) is 15.2. The summed E-state index contributed by atoms with van der Waals surface area (Å²) in [6, 6.07) is 15.6. The van der Waals surface area contributed by atoms with E-state index in [0.29, 0.717) is 25.1 Å². The summed E-state index contributed by atoms with van der Waals surface area (Å²) in [7, 11) is 1.38. The van der Waals surface area contributed by atoms with E-state index in [9.17, 15) is 14.4 Å². The molecule has 1 fully saturated rings. The lowest BCUT2D eigenvalue weighted by Gasteiger charge is -2.35. The molecule has 0 radical (unpaired) electrons. The number of allylic oxidation sites excluding steroid dienone is 1. The number of nitrogens with zero attached hydrogens (tertiary/aromatic N) is 2. The molecule has 7 nitrogen and oxygen atoms in total. The first-order valence-electron chi connectivity index (χ1n) is 14.1. The van der Waals surface area contributed by atoms with Gasteiger partial charge in [-0.2, -0.15) is 0 Å². The molecule has 40 heavy (non-hydrogen) atoms. The fourth-order valence-corrected chi connectivity index (χ4v) is 5.13. The van der Waals surface area contributed by atoms with E-state index in [4.69, 9.17) is 4.74 Å². The van der Waals surface area contributed by atoms with E-state index in [-0.39, 0.29) is 29.7 Å². The molecule has 2 amide bonds. The summed E-state index contributed by atoms with van der Waals surface area (Å²) < 4.78 is 4.76. The molecule has 3 rings (SSSR count). The molecule has 0 saturated carbocycles. The molecule has 0 atom stereocenters. The van der Waals surface area contributed by atoms with Gasteiger partial charge in [0.05, 0.1) is 19.2 Å². The molecule has 214 valence electrons. The van der Waals surface area contributed by atoms with Crippen molar-refractivity contribution >= 4 is 29.9 Å². The van der Waals surface area contributed by atoms with Crippen LogP contribution < -0.4 is 5.32 Å². The predicted molar refractivity (Wildman–Crippen MR) is 160 cm³/mol. The summed E-state index contributed by atoms with van der Waals surface area (Å²) in [6.07, 6.45) is 9.03. The molecule has 0 unspecified atom stereocenters. The van der Waals surface area contributed by atoms with Crippen LogP contribution in [-0.2, 0) is 20.9 Å². The third-order valence-electron chi connectivity index (χ3n) is 8.01. The van der Waals surface area contributed by atoms with Gasteiger partial charge in [0.2, 0.25) is 11.8 Å². The van der Waals surface area contributed by atoms with Gasteiger partial charge in [-0.25, -0.2) is 4.79 Å². The molecule has 0 aromatic heterocycles. The largest absolute Gasteiger partial charge is 0.465 e. The molecule has 1 heterocycles. The molecule has 1 aliphatic rings. The Hall–Kier alpha value is -3.71. The van der Waals surface area contributed by atoms with E-state index in [1.54, 1.807) is 12.1 Å². The van der Waals surface area contributed by atoms with Gasteiger partial charge in [0.25, 0.3) is 0 Å². The van der Waals surface area contributed by atoms with E-state index in [1.165, 1.54) is 12.7 Å². The van der Waals surface area contributed by atoms with Crippen LogP contribution in [0.4, 0.5) is 0 Å². The number of hydrogen-bond donors (Lipinski definition) is 1. The Kier molecular flexibility index (Phi) is 11.7. The van der Waals surface area contributed by atoms with Crippen LogP contribution >= 0.6 is 0 Å². The number of esters is 1. The van der Waals surface area contributed by atoms with Crippen molar-refractivity contribution in [2.45, 2.75) is 46.1 Å². The van der Waals surface area contributed by atoms with Gasteiger partial charge in [0.1, 0.15) is 0 Å². The summed E-state index contributed by atoms with van der Waals surface area (Å²) in [5.41, 5.74) is 3.79. The smallest absolute Gasteiger partial charge is 0.337 e. The average Bonchev–Trinajstić information content (AvgIpc) is 2.99. The lowest BCUT2D eigenvalue weighted by atomic mass is 9.76. The maximum Gasteiger partial charge on any atom is 0.337 e. The van der Waals surface area contributed by atoms with Gasteiger partial charge < -0.3 is 15.0 Å². The zero-order valence-corrected chi connectivity index (χ0v) is 24.2. The van der Waals surface area contributed by atoms with Crippen LogP contribution in [0.25, 0.3) is 12.2 Å². The monoisotopic (exact) mass is 545 g/mol. The Morgan fingerprint density at radius 1 is 0.975 bits per heavy atom. The molecule has 1 N–H and O–H groups in total. The molecule has 1 aliphatic heterocycles. The molecule has 0 bridgehead atoms. The maximum atomic E-state index is 12.8. The van der Waals surface area contributed by atoms with E-state index in [2.05, 4.69) is 48.9 Å². The zero-order chi connectivity index (χ0) is 29.0. The second-order valence-corrected chi connectivity index (χ2v) is 10.5. The standard InChI is InChI=1S/C33H43N3O4/c1-5-18-33(6-2,7-3)23-30(37)34-24-31(38)36-21-19-35(20-22-36)25-29-11-9-8-10-27(29)15-12-26-13-16-28(17-14-26)32(39)40-4/h5,8-17H,1,6-7,18-25H2,2-4H3,(H,34,37)/b15-12+. The van der Waals surface area contributed by atoms with Gasteiger partial charge in [-0.05, 0) is 53.5 Å². The molecular weight excluding hydrogens is 502 g/mol. The average molecular weight is 546 g/mol. The van der Waals surface area contributed by atoms with Gasteiger partial charge in [0, 0.05) is 39.1 Å². The number of ether oxygens (including phenoxy) is 1. The van der Waals surface area contributed by atoms with Crippen LogP contribution in [-0.4, -0.2) is 67.4 Å². The minimum Gasteiger partial charge on any atom is -0.465 e. The predicted octanol–water partition coefficient (Wildman–Crippen LogP) is 5.18. The first kappa shape index (κ1) is 30.8. The molecule has 2 aromatic rings. The first-order valence-corrected chi connectivity index (χ1v) is 14.1. The summed E-state index contributed by atoms with van der Waals surface area (Å²) in [4.78, 5) is 41.2. The van der Waals surface area contributed by atoms with Gasteiger partial charge in [-0.1, -0.05) is 68.5 Å². The van der Waals surface area contributed by atoms with Crippen molar-refractivity contribution in [2.24, 2.45) is 5.41 Å². The fourth-order valence-electron chi connectivity index (χ4n) is 5.13. The van der Waals surface area contributed by atoms with Gasteiger partial charge in [-0.15, -0.1) is 6.58 Å². The van der Waals surface area contributed by atoms with Gasteiger partial charge >= 0.3 is 5.97 Å². The third kappa shape index (κ3) is 8.65.